The molecule has 2 fully saturated rings. The van der Waals surface area contributed by atoms with Gasteiger partial charge in [0.15, 0.2) is 0 Å². The fourth-order valence-corrected chi connectivity index (χ4v) is 4.37. The number of hydrogen-bond acceptors (Lipinski definition) is 4. The molecule has 1 atom stereocenters. The van der Waals surface area contributed by atoms with E-state index in [2.05, 4.69) is 10.4 Å². The third-order valence-electron chi connectivity index (χ3n) is 6.20. The molecule has 2 saturated heterocycles. The lowest BCUT2D eigenvalue weighted by Crippen LogP contribution is -2.50. The molecule has 0 aliphatic carbocycles. The Morgan fingerprint density at radius 1 is 1.19 bits per heavy atom. The number of hydrogen-bond donors (Lipinski definition) is 1. The van der Waals surface area contributed by atoms with Crippen LogP contribution in [0.4, 0.5) is 11.4 Å². The summed E-state index contributed by atoms with van der Waals surface area (Å²) in [5.74, 6) is -0.142. The Kier molecular flexibility index (Phi) is 5.80. The van der Waals surface area contributed by atoms with Gasteiger partial charge in [0.2, 0.25) is 11.8 Å². The molecule has 31 heavy (non-hydrogen) atoms. The highest BCUT2D eigenvalue weighted by Gasteiger charge is 2.40. The summed E-state index contributed by atoms with van der Waals surface area (Å²) in [5, 5.41) is 7.32. The normalized spacial score (nSPS) is 21.4. The van der Waals surface area contributed by atoms with Gasteiger partial charge in [0, 0.05) is 50.2 Å². The molecule has 3 amide bonds. The second kappa shape index (κ2) is 8.53. The maximum absolute atomic E-state index is 13.2. The second-order valence-electron chi connectivity index (χ2n) is 8.60. The average molecular weight is 424 g/mol. The summed E-state index contributed by atoms with van der Waals surface area (Å²) in [4.78, 5) is 41.6. The first kappa shape index (κ1) is 21.1. The second-order valence-corrected chi connectivity index (χ2v) is 8.60. The van der Waals surface area contributed by atoms with E-state index in [4.69, 9.17) is 0 Å². The number of nitrogens with zero attached hydrogens (tertiary/aromatic N) is 4. The van der Waals surface area contributed by atoms with Gasteiger partial charge in [-0.1, -0.05) is 6.07 Å². The standard InChI is InChI=1S/C23H29N5O3/c1-3-27-14-10-19(25-27)21(30)26-12-6-11-23(2,16-26)22(31)24-17-7-4-8-18(15-17)28-13-5-9-20(28)29/h4,7-8,10,14-15H,3,5-6,9,11-13,16H2,1-2H3,(H,24,31). The zero-order valence-corrected chi connectivity index (χ0v) is 18.1. The van der Waals surface area contributed by atoms with Gasteiger partial charge in [0.1, 0.15) is 5.69 Å². The molecule has 1 N–H and O–H groups in total. The Morgan fingerprint density at radius 3 is 2.74 bits per heavy atom. The monoisotopic (exact) mass is 423 g/mol. The van der Waals surface area contributed by atoms with Gasteiger partial charge in [-0.25, -0.2) is 0 Å². The molecule has 1 aromatic heterocycles. The lowest BCUT2D eigenvalue weighted by Gasteiger charge is -2.39. The van der Waals surface area contributed by atoms with Crippen molar-refractivity contribution in [3.63, 3.8) is 0 Å². The van der Waals surface area contributed by atoms with Crippen LogP contribution < -0.4 is 10.2 Å². The summed E-state index contributed by atoms with van der Waals surface area (Å²) in [6, 6.07) is 9.13. The summed E-state index contributed by atoms with van der Waals surface area (Å²) in [5.41, 5.74) is 1.18. The molecule has 0 spiro atoms. The Labute approximate surface area is 182 Å². The van der Waals surface area contributed by atoms with Gasteiger partial charge >= 0.3 is 0 Å². The van der Waals surface area contributed by atoms with Crippen LogP contribution >= 0.6 is 0 Å². The topological polar surface area (TPSA) is 87.5 Å². The van der Waals surface area contributed by atoms with Crippen molar-refractivity contribution in [3.8, 4) is 0 Å². The highest BCUT2D eigenvalue weighted by atomic mass is 16.2. The fourth-order valence-electron chi connectivity index (χ4n) is 4.37. The number of likely N-dealkylation sites (tertiary alicyclic amines) is 1. The maximum Gasteiger partial charge on any atom is 0.274 e. The van der Waals surface area contributed by atoms with Gasteiger partial charge in [0.25, 0.3) is 5.91 Å². The lowest BCUT2D eigenvalue weighted by molar-refractivity contribution is -0.127. The molecule has 4 rings (SSSR count). The van der Waals surface area contributed by atoms with E-state index in [9.17, 15) is 14.4 Å². The van der Waals surface area contributed by atoms with Crippen LogP contribution in [0.2, 0.25) is 0 Å². The number of benzene rings is 1. The van der Waals surface area contributed by atoms with Crippen molar-refractivity contribution >= 4 is 29.1 Å². The van der Waals surface area contributed by atoms with Crippen LogP contribution in [0, 0.1) is 5.41 Å². The predicted molar refractivity (Wildman–Crippen MR) is 118 cm³/mol. The van der Waals surface area contributed by atoms with E-state index >= 15 is 0 Å². The first-order valence-corrected chi connectivity index (χ1v) is 10.9. The number of nitrogens with one attached hydrogen (secondary N) is 1. The summed E-state index contributed by atoms with van der Waals surface area (Å²) in [6.07, 6.45) is 4.67. The van der Waals surface area contributed by atoms with Gasteiger partial charge < -0.3 is 15.1 Å². The molecule has 1 aromatic carbocycles. The molecule has 3 heterocycles. The first-order valence-electron chi connectivity index (χ1n) is 10.9. The van der Waals surface area contributed by atoms with Crippen molar-refractivity contribution in [2.75, 3.05) is 29.9 Å². The van der Waals surface area contributed by atoms with Crippen molar-refractivity contribution < 1.29 is 14.4 Å². The van der Waals surface area contributed by atoms with Gasteiger partial charge in [-0.3, -0.25) is 19.1 Å². The lowest BCUT2D eigenvalue weighted by atomic mass is 9.80. The fraction of sp³-hybridized carbons (Fsp3) is 0.478. The molecule has 2 aliphatic heterocycles. The molecule has 0 radical (unpaired) electrons. The average Bonchev–Trinajstić information content (AvgIpc) is 3.42. The Bertz CT molecular complexity index is 1000. The number of aromatic nitrogens is 2. The van der Waals surface area contributed by atoms with Crippen molar-refractivity contribution in [1.29, 1.82) is 0 Å². The van der Waals surface area contributed by atoms with Crippen LogP contribution in [0.15, 0.2) is 36.5 Å². The number of carbonyl (C=O) groups is 3. The van der Waals surface area contributed by atoms with Crippen molar-refractivity contribution in [2.24, 2.45) is 5.41 Å². The molecule has 0 saturated carbocycles. The maximum atomic E-state index is 13.2. The van der Waals surface area contributed by atoms with Crippen LogP contribution in [-0.2, 0) is 16.1 Å². The van der Waals surface area contributed by atoms with E-state index in [-0.39, 0.29) is 17.7 Å². The smallest absolute Gasteiger partial charge is 0.274 e. The largest absolute Gasteiger partial charge is 0.336 e. The van der Waals surface area contributed by atoms with Crippen LogP contribution in [0.5, 0.6) is 0 Å². The number of rotatable bonds is 5. The minimum absolute atomic E-state index is 0.113. The number of amides is 3. The Balaban J connectivity index is 1.45. The molecular weight excluding hydrogens is 394 g/mol. The van der Waals surface area contributed by atoms with E-state index < -0.39 is 5.41 Å². The van der Waals surface area contributed by atoms with Crippen molar-refractivity contribution in [1.82, 2.24) is 14.7 Å². The van der Waals surface area contributed by atoms with Crippen LogP contribution in [-0.4, -0.2) is 52.0 Å². The zero-order chi connectivity index (χ0) is 22.0. The van der Waals surface area contributed by atoms with Gasteiger partial charge in [0.05, 0.1) is 5.41 Å². The zero-order valence-electron chi connectivity index (χ0n) is 18.1. The quantitative estimate of drug-likeness (QED) is 0.801. The molecular formula is C23H29N5O3. The van der Waals surface area contributed by atoms with Gasteiger partial charge in [-0.2, -0.15) is 5.10 Å². The third-order valence-corrected chi connectivity index (χ3v) is 6.20. The summed E-state index contributed by atoms with van der Waals surface area (Å²) >= 11 is 0. The van der Waals surface area contributed by atoms with E-state index in [0.717, 1.165) is 18.5 Å². The van der Waals surface area contributed by atoms with E-state index in [1.54, 1.807) is 26.7 Å². The molecule has 1 unspecified atom stereocenters. The Hall–Kier alpha value is -3.16. The van der Waals surface area contributed by atoms with Gasteiger partial charge in [-0.15, -0.1) is 0 Å². The molecule has 2 aromatic rings. The number of carbonyl (C=O) groups excluding carboxylic acids is 3. The molecule has 8 nitrogen and oxygen atoms in total. The Morgan fingerprint density at radius 2 is 2.03 bits per heavy atom. The molecule has 164 valence electrons. The minimum Gasteiger partial charge on any atom is -0.336 e. The van der Waals surface area contributed by atoms with Crippen LogP contribution in [0.1, 0.15) is 50.0 Å². The number of anilines is 2. The van der Waals surface area contributed by atoms with E-state index in [1.165, 1.54) is 0 Å². The molecule has 0 bridgehead atoms. The SMILES string of the molecule is CCn1ccc(C(=O)N2CCCC(C)(C(=O)Nc3cccc(N4CCCC4=O)c3)C2)n1. The number of piperidine rings is 1. The van der Waals surface area contributed by atoms with Crippen LogP contribution in [0.3, 0.4) is 0 Å². The molecule has 2 aliphatic rings. The summed E-state index contributed by atoms with van der Waals surface area (Å²) in [7, 11) is 0. The van der Waals surface area contributed by atoms with E-state index in [1.807, 2.05) is 38.1 Å². The molecule has 8 heteroatoms. The number of aryl methyl sites for hydroxylation is 1. The minimum atomic E-state index is -0.694. The van der Waals surface area contributed by atoms with Crippen molar-refractivity contribution in [2.45, 2.75) is 46.1 Å². The van der Waals surface area contributed by atoms with Gasteiger partial charge in [-0.05, 0) is 57.4 Å². The summed E-state index contributed by atoms with van der Waals surface area (Å²) < 4.78 is 1.72. The third kappa shape index (κ3) is 4.33. The summed E-state index contributed by atoms with van der Waals surface area (Å²) in [6.45, 7) is 6.25. The van der Waals surface area contributed by atoms with E-state index in [0.29, 0.717) is 50.4 Å². The first-order chi connectivity index (χ1) is 14.9. The van der Waals surface area contributed by atoms with Crippen LogP contribution in [0.25, 0.3) is 0 Å². The highest BCUT2D eigenvalue weighted by Crippen LogP contribution is 2.32. The predicted octanol–water partition coefficient (Wildman–Crippen LogP) is 2.91. The highest BCUT2D eigenvalue weighted by molar-refractivity contribution is 5.99. The van der Waals surface area contributed by atoms with Crippen molar-refractivity contribution in [3.05, 3.63) is 42.2 Å².